The summed E-state index contributed by atoms with van der Waals surface area (Å²) in [5.41, 5.74) is 3.30. The summed E-state index contributed by atoms with van der Waals surface area (Å²) < 4.78 is 10.4. The Morgan fingerprint density at radius 1 is 0.815 bits per heavy atom. The van der Waals surface area contributed by atoms with Crippen molar-refractivity contribution >= 4 is 70.3 Å². The van der Waals surface area contributed by atoms with Gasteiger partial charge in [0.15, 0.2) is 0 Å². The lowest BCUT2D eigenvalue weighted by molar-refractivity contribution is -1.08. The summed E-state index contributed by atoms with van der Waals surface area (Å²) in [6.45, 7) is 8.68. The van der Waals surface area contributed by atoms with Gasteiger partial charge in [0, 0.05) is 5.53 Å². The highest BCUT2D eigenvalue weighted by Gasteiger charge is 2.47. The number of quaternary nitrogens is 2. The number of esters is 2. The van der Waals surface area contributed by atoms with Gasteiger partial charge in [-0.3, -0.25) is 0 Å². The minimum atomic E-state index is -0.425. The standard InChI is InChI=1S/C16H29N3O4S4/c1-5-9-18(15(24)25,11-13(20)22-7-3)17-19(10-6-2,16(26)27)12-14(21)23-8-4/h17H,5-12H2,1-4H3/p+2. The van der Waals surface area contributed by atoms with Crippen LogP contribution in [0.5, 0.6) is 0 Å². The maximum absolute atomic E-state index is 12.3. The van der Waals surface area contributed by atoms with Crippen LogP contribution in [0.4, 0.5) is 0 Å². The largest absolute Gasteiger partial charge is 0.462 e. The lowest BCUT2D eigenvalue weighted by Gasteiger charge is -2.42. The predicted molar refractivity (Wildman–Crippen MR) is 120 cm³/mol. The molecule has 11 heteroatoms. The highest BCUT2D eigenvalue weighted by molar-refractivity contribution is 8.10. The van der Waals surface area contributed by atoms with E-state index < -0.39 is 11.9 Å². The minimum Gasteiger partial charge on any atom is -0.462 e. The summed E-state index contributed by atoms with van der Waals surface area (Å²) in [5.74, 6) is -0.851. The highest BCUT2D eigenvalue weighted by atomic mass is 32.1. The van der Waals surface area contributed by atoms with Gasteiger partial charge in [-0.25, -0.2) is 9.59 Å². The number of nitrogens with one attached hydrogen (secondary N) is 1. The zero-order valence-corrected chi connectivity index (χ0v) is 19.8. The first-order valence-corrected chi connectivity index (χ1v) is 10.7. The van der Waals surface area contributed by atoms with Gasteiger partial charge in [-0.2, -0.15) is 0 Å². The van der Waals surface area contributed by atoms with Crippen LogP contribution in [-0.2, 0) is 19.1 Å². The van der Waals surface area contributed by atoms with Crippen molar-refractivity contribution in [3.8, 4) is 0 Å². The second kappa shape index (κ2) is 13.0. The monoisotopic (exact) mass is 457 g/mol. The Kier molecular flexibility index (Phi) is 12.9. The molecule has 156 valence electrons. The molecular weight excluding hydrogens is 426 g/mol. The van der Waals surface area contributed by atoms with E-state index in [9.17, 15) is 9.59 Å². The summed E-state index contributed by atoms with van der Waals surface area (Å²) >= 11 is 19.5. The molecule has 0 aliphatic carbocycles. The van der Waals surface area contributed by atoms with Crippen LogP contribution in [0, 0.1) is 0 Å². The van der Waals surface area contributed by atoms with E-state index >= 15 is 0 Å². The topological polar surface area (TPSA) is 64.6 Å². The van der Waals surface area contributed by atoms with Gasteiger partial charge in [-0.05, 0) is 51.1 Å². The van der Waals surface area contributed by atoms with E-state index in [0.717, 1.165) is 0 Å². The third kappa shape index (κ3) is 8.30. The van der Waals surface area contributed by atoms with Crippen LogP contribution in [-0.4, -0.2) is 69.2 Å². The van der Waals surface area contributed by atoms with Crippen LogP contribution in [0.2, 0.25) is 0 Å². The Morgan fingerprint density at radius 3 is 1.37 bits per heavy atom. The summed E-state index contributed by atoms with van der Waals surface area (Å²) in [5, 5.41) is 0. The summed E-state index contributed by atoms with van der Waals surface area (Å²) in [4.78, 5) is 24.5. The molecule has 0 saturated carbocycles. The number of nitrogens with zero attached hydrogens (tertiary/aromatic N) is 2. The van der Waals surface area contributed by atoms with Gasteiger partial charge in [0.05, 0.1) is 13.2 Å². The molecule has 0 bridgehead atoms. The van der Waals surface area contributed by atoms with Crippen LogP contribution in [0.15, 0.2) is 0 Å². The smallest absolute Gasteiger partial charge is 0.364 e. The molecule has 2 atom stereocenters. The maximum atomic E-state index is 12.3. The first-order chi connectivity index (χ1) is 12.6. The molecule has 7 nitrogen and oxygen atoms in total. The van der Waals surface area contributed by atoms with E-state index in [4.69, 9.17) is 33.9 Å². The van der Waals surface area contributed by atoms with E-state index in [1.165, 1.54) is 0 Å². The van der Waals surface area contributed by atoms with E-state index in [-0.39, 0.29) is 44.1 Å². The van der Waals surface area contributed by atoms with Gasteiger partial charge < -0.3 is 9.47 Å². The molecule has 0 rings (SSSR count). The Labute approximate surface area is 183 Å². The highest BCUT2D eigenvalue weighted by Crippen LogP contribution is 2.19. The van der Waals surface area contributed by atoms with Crippen LogP contribution >= 0.6 is 49.7 Å². The van der Waals surface area contributed by atoms with E-state index in [2.05, 4.69) is 30.8 Å². The molecule has 0 aromatic heterocycles. The molecule has 0 fully saturated rings. The second-order valence-electron chi connectivity index (χ2n) is 5.97. The molecule has 0 amide bonds. The molecule has 1 N–H and O–H groups in total. The van der Waals surface area contributed by atoms with E-state index in [0.29, 0.717) is 25.9 Å². The first-order valence-electron chi connectivity index (χ1n) is 8.94. The molecule has 0 aromatic rings. The Hall–Kier alpha value is -0.300. The summed E-state index contributed by atoms with van der Waals surface area (Å²) in [6.07, 6.45) is 1.41. The molecule has 0 aliphatic rings. The van der Waals surface area contributed by atoms with Crippen molar-refractivity contribution < 1.29 is 28.2 Å². The lowest BCUT2D eigenvalue weighted by Crippen LogP contribution is -2.76. The van der Waals surface area contributed by atoms with Crippen LogP contribution < -0.4 is 5.53 Å². The third-order valence-electron chi connectivity index (χ3n) is 3.73. The average molecular weight is 458 g/mol. The molecular formula is C16H31N3O4S4+2. The molecule has 0 aliphatic heterocycles. The Bertz CT molecular complexity index is 504. The van der Waals surface area contributed by atoms with Crippen molar-refractivity contribution in [3.05, 3.63) is 0 Å². The van der Waals surface area contributed by atoms with E-state index in [1.807, 2.05) is 13.8 Å². The molecule has 0 spiro atoms. The third-order valence-corrected chi connectivity index (χ3v) is 5.20. The molecule has 0 saturated heterocycles. The number of thiol groups is 2. The number of ether oxygens (including phenoxy) is 2. The summed E-state index contributed by atoms with van der Waals surface area (Å²) in [7, 11) is 0. The number of rotatable bonds is 12. The molecule has 0 aromatic carbocycles. The van der Waals surface area contributed by atoms with Crippen molar-refractivity contribution in [2.24, 2.45) is 0 Å². The fraction of sp³-hybridized carbons (Fsp3) is 0.750. The van der Waals surface area contributed by atoms with Crippen molar-refractivity contribution in [3.63, 3.8) is 0 Å². The van der Waals surface area contributed by atoms with Gasteiger partial charge in [-0.15, -0.1) is 9.18 Å². The van der Waals surface area contributed by atoms with Gasteiger partial charge in [-0.1, -0.05) is 39.1 Å². The minimum absolute atomic E-state index is 0.0764. The van der Waals surface area contributed by atoms with Gasteiger partial charge in [0.25, 0.3) is 8.64 Å². The number of carbonyl (C=O) groups is 2. The SMILES string of the molecule is CCC[N+](CC(=O)OCC)(N[N+](CCC)(CC(=O)OCC)C(=S)S)C(=S)S. The number of thiocarbonyl (C=S) groups is 2. The summed E-state index contributed by atoms with van der Waals surface area (Å²) in [6, 6.07) is 0. The molecule has 0 heterocycles. The first kappa shape index (κ1) is 26.7. The fourth-order valence-corrected chi connectivity index (χ4v) is 3.55. The number of hydrogen-bond donors (Lipinski definition) is 3. The number of carbonyl (C=O) groups excluding carboxylic acids is 2. The average Bonchev–Trinajstić information content (AvgIpc) is 2.55. The number of hydrogen-bond acceptors (Lipinski definition) is 7. The second-order valence-corrected chi connectivity index (χ2v) is 8.20. The molecule has 27 heavy (non-hydrogen) atoms. The zero-order valence-electron chi connectivity index (χ0n) is 16.4. The predicted octanol–water partition coefficient (Wildman–Crippen LogP) is 2.42. The lowest BCUT2D eigenvalue weighted by atomic mass is 10.4. The van der Waals surface area contributed by atoms with Crippen LogP contribution in [0.3, 0.4) is 0 Å². The normalized spacial score (nSPS) is 15.3. The molecule has 2 unspecified atom stereocenters. The van der Waals surface area contributed by atoms with E-state index in [1.54, 1.807) is 13.8 Å². The Morgan fingerprint density at radius 2 is 1.15 bits per heavy atom. The Balaban J connectivity index is 6.07. The zero-order chi connectivity index (χ0) is 21.1. The van der Waals surface area contributed by atoms with Crippen LogP contribution in [0.25, 0.3) is 0 Å². The van der Waals surface area contributed by atoms with Crippen molar-refractivity contribution in [1.29, 1.82) is 0 Å². The maximum Gasteiger partial charge on any atom is 0.364 e. The van der Waals surface area contributed by atoms with Crippen molar-refractivity contribution in [2.75, 3.05) is 39.4 Å². The van der Waals surface area contributed by atoms with Gasteiger partial charge >= 0.3 is 11.9 Å². The van der Waals surface area contributed by atoms with Crippen molar-refractivity contribution in [2.45, 2.75) is 40.5 Å². The van der Waals surface area contributed by atoms with Crippen molar-refractivity contribution in [1.82, 2.24) is 5.53 Å². The quantitative estimate of drug-likeness (QED) is 0.137. The fourth-order valence-electron chi connectivity index (χ4n) is 2.72. The van der Waals surface area contributed by atoms with Crippen LogP contribution in [0.1, 0.15) is 40.5 Å². The molecule has 0 radical (unpaired) electrons. The van der Waals surface area contributed by atoms with Gasteiger partial charge in [0.1, 0.15) is 13.1 Å². The van der Waals surface area contributed by atoms with Gasteiger partial charge in [0.2, 0.25) is 13.1 Å².